The predicted molar refractivity (Wildman–Crippen MR) is 60.1 cm³/mol. The zero-order chi connectivity index (χ0) is 11.0. The van der Waals surface area contributed by atoms with E-state index in [-0.39, 0.29) is 11.9 Å². The molecule has 1 amide bonds. The van der Waals surface area contributed by atoms with Crippen molar-refractivity contribution >= 4 is 17.4 Å². The first-order chi connectivity index (χ1) is 7.08. The van der Waals surface area contributed by atoms with Gasteiger partial charge in [0.25, 0.3) is 0 Å². The largest absolute Gasteiger partial charge is 0.343 e. The number of rotatable bonds is 1. The highest BCUT2D eigenvalue weighted by Crippen LogP contribution is 2.28. The van der Waals surface area contributed by atoms with Gasteiger partial charge in [-0.3, -0.25) is 4.79 Å². The van der Waals surface area contributed by atoms with Crippen LogP contribution in [-0.4, -0.2) is 23.5 Å². The average molecular weight is 205 g/mol. The van der Waals surface area contributed by atoms with Crippen molar-refractivity contribution in [3.8, 4) is 0 Å². The molecule has 0 atom stereocenters. The molecule has 0 unspecified atom stereocenters. The van der Waals surface area contributed by atoms with Crippen LogP contribution in [0.4, 0.5) is 11.5 Å². The number of carbonyl (C=O) groups excluding carboxylic acids is 1. The third kappa shape index (κ3) is 1.79. The van der Waals surface area contributed by atoms with Crippen LogP contribution in [-0.2, 0) is 4.79 Å². The van der Waals surface area contributed by atoms with Gasteiger partial charge in [-0.1, -0.05) is 0 Å². The number of pyridine rings is 1. The third-order valence-corrected chi connectivity index (χ3v) is 2.49. The van der Waals surface area contributed by atoms with Gasteiger partial charge in [0, 0.05) is 12.2 Å². The molecule has 15 heavy (non-hydrogen) atoms. The molecule has 0 aromatic carbocycles. The summed E-state index contributed by atoms with van der Waals surface area (Å²) in [5, 5.41) is 2.84. The zero-order valence-electron chi connectivity index (χ0n) is 9.24. The average Bonchev–Trinajstić information content (AvgIpc) is 2.15. The van der Waals surface area contributed by atoms with Crippen LogP contribution in [0.3, 0.4) is 0 Å². The smallest absolute Gasteiger partial charge is 0.244 e. The maximum absolute atomic E-state index is 11.5. The van der Waals surface area contributed by atoms with Gasteiger partial charge in [-0.05, 0) is 32.4 Å². The number of fused-ring (bicyclic) bond motifs is 1. The van der Waals surface area contributed by atoms with Crippen LogP contribution in [0.2, 0.25) is 0 Å². The summed E-state index contributed by atoms with van der Waals surface area (Å²) in [5.74, 6) is 0.902. The molecule has 4 nitrogen and oxygen atoms in total. The van der Waals surface area contributed by atoms with E-state index in [1.807, 2.05) is 24.1 Å². The van der Waals surface area contributed by atoms with E-state index < -0.39 is 0 Å². The molecule has 0 bridgehead atoms. The van der Waals surface area contributed by atoms with Crippen molar-refractivity contribution in [3.63, 3.8) is 0 Å². The number of anilines is 2. The summed E-state index contributed by atoms with van der Waals surface area (Å²) in [5.41, 5.74) is 1.87. The van der Waals surface area contributed by atoms with Crippen LogP contribution in [0.25, 0.3) is 0 Å². The third-order valence-electron chi connectivity index (χ3n) is 2.49. The molecule has 0 fully saturated rings. The summed E-state index contributed by atoms with van der Waals surface area (Å²) in [6, 6.07) is 2.24. The Morgan fingerprint density at radius 1 is 1.53 bits per heavy atom. The quantitative estimate of drug-likeness (QED) is 0.756. The zero-order valence-corrected chi connectivity index (χ0v) is 9.24. The lowest BCUT2D eigenvalue weighted by molar-refractivity contribution is -0.115. The number of aryl methyl sites for hydroxylation is 1. The van der Waals surface area contributed by atoms with E-state index in [0.717, 1.165) is 17.1 Å². The Balaban J connectivity index is 2.46. The molecular formula is C11H15N3O. The second-order valence-corrected chi connectivity index (χ2v) is 4.15. The molecule has 1 aromatic heterocycles. The van der Waals surface area contributed by atoms with Crippen LogP contribution >= 0.6 is 0 Å². The second-order valence-electron chi connectivity index (χ2n) is 4.15. The van der Waals surface area contributed by atoms with Crippen molar-refractivity contribution < 1.29 is 4.79 Å². The van der Waals surface area contributed by atoms with E-state index >= 15 is 0 Å². The first-order valence-corrected chi connectivity index (χ1v) is 5.11. The summed E-state index contributed by atoms with van der Waals surface area (Å²) in [4.78, 5) is 17.8. The summed E-state index contributed by atoms with van der Waals surface area (Å²) in [6.45, 7) is 6.47. The molecule has 4 heteroatoms. The molecule has 0 saturated heterocycles. The predicted octanol–water partition coefficient (Wildman–Crippen LogP) is 1.56. The summed E-state index contributed by atoms with van der Waals surface area (Å²) in [7, 11) is 0. The fourth-order valence-corrected chi connectivity index (χ4v) is 1.73. The van der Waals surface area contributed by atoms with Crippen molar-refractivity contribution in [1.29, 1.82) is 0 Å². The first kappa shape index (κ1) is 9.96. The summed E-state index contributed by atoms with van der Waals surface area (Å²) < 4.78 is 0. The highest BCUT2D eigenvalue weighted by Gasteiger charge is 2.24. The number of nitrogens with zero attached hydrogens (tertiary/aromatic N) is 2. The van der Waals surface area contributed by atoms with E-state index in [9.17, 15) is 4.79 Å². The van der Waals surface area contributed by atoms with Gasteiger partial charge >= 0.3 is 0 Å². The molecule has 0 radical (unpaired) electrons. The number of carbonyl (C=O) groups is 1. The molecule has 2 heterocycles. The van der Waals surface area contributed by atoms with Crippen LogP contribution in [0.1, 0.15) is 19.4 Å². The highest BCUT2D eigenvalue weighted by molar-refractivity contribution is 6.00. The lowest BCUT2D eigenvalue weighted by Crippen LogP contribution is -2.42. The Labute approximate surface area is 89.3 Å². The lowest BCUT2D eigenvalue weighted by Gasteiger charge is -2.32. The van der Waals surface area contributed by atoms with Gasteiger partial charge in [-0.25, -0.2) is 4.98 Å². The van der Waals surface area contributed by atoms with E-state index in [1.165, 1.54) is 0 Å². The maximum Gasteiger partial charge on any atom is 0.244 e. The van der Waals surface area contributed by atoms with Crippen molar-refractivity contribution in [2.75, 3.05) is 16.8 Å². The minimum atomic E-state index is 0.0311. The van der Waals surface area contributed by atoms with Gasteiger partial charge < -0.3 is 10.2 Å². The van der Waals surface area contributed by atoms with E-state index in [0.29, 0.717) is 6.54 Å². The Morgan fingerprint density at radius 3 is 2.93 bits per heavy atom. The number of amides is 1. The Morgan fingerprint density at radius 2 is 2.27 bits per heavy atom. The molecule has 80 valence electrons. The molecule has 2 rings (SSSR count). The molecule has 0 spiro atoms. The monoisotopic (exact) mass is 205 g/mol. The van der Waals surface area contributed by atoms with Gasteiger partial charge in [0.05, 0.1) is 12.2 Å². The molecule has 1 N–H and O–H groups in total. The second kappa shape index (κ2) is 3.53. The number of nitrogens with one attached hydrogen (secondary N) is 1. The first-order valence-electron chi connectivity index (χ1n) is 5.11. The van der Waals surface area contributed by atoms with Gasteiger partial charge in [0.2, 0.25) is 5.91 Å². The fraction of sp³-hybridized carbons (Fsp3) is 0.455. The summed E-state index contributed by atoms with van der Waals surface area (Å²) >= 11 is 0. The summed E-state index contributed by atoms with van der Waals surface area (Å²) in [6.07, 6.45) is 1.83. The Bertz CT molecular complexity index is 401. The van der Waals surface area contributed by atoms with Crippen molar-refractivity contribution in [2.24, 2.45) is 0 Å². The highest BCUT2D eigenvalue weighted by atomic mass is 16.2. The van der Waals surface area contributed by atoms with Crippen molar-refractivity contribution in [3.05, 3.63) is 17.8 Å². The van der Waals surface area contributed by atoms with Crippen LogP contribution in [0, 0.1) is 6.92 Å². The van der Waals surface area contributed by atoms with Crippen LogP contribution in [0.15, 0.2) is 12.3 Å². The van der Waals surface area contributed by atoms with Crippen LogP contribution in [0.5, 0.6) is 0 Å². The maximum atomic E-state index is 11.5. The minimum Gasteiger partial charge on any atom is -0.343 e. The van der Waals surface area contributed by atoms with Crippen molar-refractivity contribution in [1.82, 2.24) is 4.98 Å². The Hall–Kier alpha value is -1.58. The van der Waals surface area contributed by atoms with E-state index in [1.54, 1.807) is 0 Å². The Kier molecular flexibility index (Phi) is 2.34. The standard InChI is InChI=1S/C11H15N3O/c1-7(2)14-6-10(15)13-9-4-8(3)5-12-11(9)14/h4-5,7H,6H2,1-3H3,(H,13,15). The lowest BCUT2D eigenvalue weighted by atomic mass is 10.2. The van der Waals surface area contributed by atoms with Crippen LogP contribution < -0.4 is 10.2 Å². The van der Waals surface area contributed by atoms with E-state index in [2.05, 4.69) is 24.1 Å². The van der Waals surface area contributed by atoms with Gasteiger partial charge in [-0.15, -0.1) is 0 Å². The minimum absolute atomic E-state index is 0.0311. The molecule has 1 aromatic rings. The van der Waals surface area contributed by atoms with E-state index in [4.69, 9.17) is 0 Å². The molecule has 1 aliphatic heterocycles. The van der Waals surface area contributed by atoms with Gasteiger partial charge in [0.1, 0.15) is 0 Å². The topological polar surface area (TPSA) is 45.2 Å². The molecular weight excluding hydrogens is 190 g/mol. The van der Waals surface area contributed by atoms with Gasteiger partial charge in [0.15, 0.2) is 5.82 Å². The molecule has 0 aliphatic carbocycles. The SMILES string of the molecule is Cc1cnc2c(c1)NC(=O)CN2C(C)C. The van der Waals surface area contributed by atoms with Gasteiger partial charge in [-0.2, -0.15) is 0 Å². The molecule has 1 aliphatic rings. The number of hydrogen-bond donors (Lipinski definition) is 1. The molecule has 0 saturated carbocycles. The normalized spacial score (nSPS) is 15.2. The van der Waals surface area contributed by atoms with Crippen molar-refractivity contribution in [2.45, 2.75) is 26.8 Å². The number of aromatic nitrogens is 1. The fourth-order valence-electron chi connectivity index (χ4n) is 1.73. The number of hydrogen-bond acceptors (Lipinski definition) is 3.